The van der Waals surface area contributed by atoms with Crippen LogP contribution in [0.1, 0.15) is 46.0 Å². The van der Waals surface area contributed by atoms with Crippen molar-refractivity contribution in [1.82, 2.24) is 15.0 Å². The molecule has 0 unspecified atom stereocenters. The quantitative estimate of drug-likeness (QED) is 0.870. The van der Waals surface area contributed by atoms with E-state index in [9.17, 15) is 0 Å². The van der Waals surface area contributed by atoms with Crippen molar-refractivity contribution in [3.05, 3.63) is 0 Å². The van der Waals surface area contributed by atoms with Crippen molar-refractivity contribution < 1.29 is 0 Å². The van der Waals surface area contributed by atoms with E-state index in [-0.39, 0.29) is 0 Å². The van der Waals surface area contributed by atoms with Gasteiger partial charge in [0.25, 0.3) is 0 Å². The van der Waals surface area contributed by atoms with E-state index in [0.717, 1.165) is 24.2 Å². The summed E-state index contributed by atoms with van der Waals surface area (Å²) in [5.74, 6) is 1.45. The zero-order valence-electron chi connectivity index (χ0n) is 12.7. The molecule has 1 aliphatic carbocycles. The Balaban J connectivity index is 2.16. The number of hydrogen-bond acceptors (Lipinski definition) is 6. The number of aromatic nitrogens is 3. The summed E-state index contributed by atoms with van der Waals surface area (Å²) >= 11 is 1.82. The van der Waals surface area contributed by atoms with Crippen LogP contribution in [0, 0.1) is 0 Å². The SMILES string of the molecule is CCN(CC)c1nc(NC)nc(SC2CCCCC2)n1. The van der Waals surface area contributed by atoms with Crippen molar-refractivity contribution >= 4 is 23.7 Å². The molecule has 6 heteroatoms. The molecular weight excluding hydrogens is 270 g/mol. The molecule has 1 N–H and O–H groups in total. The van der Waals surface area contributed by atoms with Crippen molar-refractivity contribution in [2.24, 2.45) is 0 Å². The smallest absolute Gasteiger partial charge is 0.231 e. The monoisotopic (exact) mass is 295 g/mol. The van der Waals surface area contributed by atoms with E-state index in [1.165, 1.54) is 32.1 Å². The van der Waals surface area contributed by atoms with Gasteiger partial charge < -0.3 is 10.2 Å². The summed E-state index contributed by atoms with van der Waals surface area (Å²) in [6.07, 6.45) is 6.62. The molecular formula is C14H25N5S. The minimum Gasteiger partial charge on any atom is -0.357 e. The first-order chi connectivity index (χ1) is 9.76. The van der Waals surface area contributed by atoms with Crippen LogP contribution in [0.25, 0.3) is 0 Å². The predicted molar refractivity (Wildman–Crippen MR) is 85.7 cm³/mol. The van der Waals surface area contributed by atoms with Gasteiger partial charge in [-0.1, -0.05) is 31.0 Å². The summed E-state index contributed by atoms with van der Waals surface area (Å²) in [4.78, 5) is 15.8. The molecule has 0 bridgehead atoms. The Hall–Kier alpha value is -1.04. The fourth-order valence-corrected chi connectivity index (χ4v) is 3.63. The standard InChI is InChI=1S/C14H25N5S/c1-4-19(5-2)13-16-12(15-3)17-14(18-13)20-11-9-7-6-8-10-11/h11H,4-10H2,1-3H3,(H,15,16,17,18). The van der Waals surface area contributed by atoms with E-state index in [0.29, 0.717) is 11.2 Å². The maximum Gasteiger partial charge on any atom is 0.231 e. The van der Waals surface area contributed by atoms with E-state index in [2.05, 4.69) is 39.0 Å². The van der Waals surface area contributed by atoms with Gasteiger partial charge in [0.1, 0.15) is 0 Å². The molecule has 0 radical (unpaired) electrons. The Morgan fingerprint density at radius 1 is 1.10 bits per heavy atom. The van der Waals surface area contributed by atoms with Crippen LogP contribution in [-0.2, 0) is 0 Å². The van der Waals surface area contributed by atoms with Gasteiger partial charge in [0, 0.05) is 25.4 Å². The summed E-state index contributed by atoms with van der Waals surface area (Å²) in [6.45, 7) is 6.08. The summed E-state index contributed by atoms with van der Waals surface area (Å²) in [5, 5.41) is 4.57. The van der Waals surface area contributed by atoms with Gasteiger partial charge in [-0.15, -0.1) is 0 Å². The highest BCUT2D eigenvalue weighted by atomic mass is 32.2. The third-order valence-corrected chi connectivity index (χ3v) is 4.90. The zero-order chi connectivity index (χ0) is 14.4. The Labute approximate surface area is 126 Å². The molecule has 5 nitrogen and oxygen atoms in total. The Bertz CT molecular complexity index is 416. The fourth-order valence-electron chi connectivity index (χ4n) is 2.49. The maximum absolute atomic E-state index is 4.64. The highest BCUT2D eigenvalue weighted by Gasteiger charge is 2.18. The topological polar surface area (TPSA) is 53.9 Å². The molecule has 112 valence electrons. The number of nitrogens with zero attached hydrogens (tertiary/aromatic N) is 4. The lowest BCUT2D eigenvalue weighted by Gasteiger charge is -2.22. The number of rotatable bonds is 6. The predicted octanol–water partition coefficient (Wildman–Crippen LogP) is 3.18. The van der Waals surface area contributed by atoms with Gasteiger partial charge in [0.2, 0.25) is 11.9 Å². The Kier molecular flexibility index (Phi) is 5.88. The van der Waals surface area contributed by atoms with E-state index in [4.69, 9.17) is 0 Å². The third kappa shape index (κ3) is 3.98. The lowest BCUT2D eigenvalue weighted by atomic mass is 10.0. The number of nitrogens with one attached hydrogen (secondary N) is 1. The van der Waals surface area contributed by atoms with E-state index in [1.807, 2.05) is 18.8 Å². The summed E-state index contributed by atoms with van der Waals surface area (Å²) in [6, 6.07) is 0. The lowest BCUT2D eigenvalue weighted by molar-refractivity contribution is 0.515. The van der Waals surface area contributed by atoms with Crippen LogP contribution in [0.3, 0.4) is 0 Å². The summed E-state index contributed by atoms with van der Waals surface area (Å²) < 4.78 is 0. The van der Waals surface area contributed by atoms with Crippen LogP contribution in [0.5, 0.6) is 0 Å². The molecule has 0 aliphatic heterocycles. The first kappa shape index (κ1) is 15.4. The molecule has 1 heterocycles. The highest BCUT2D eigenvalue weighted by Crippen LogP contribution is 2.32. The Morgan fingerprint density at radius 2 is 1.80 bits per heavy atom. The normalized spacial score (nSPS) is 16.1. The molecule has 20 heavy (non-hydrogen) atoms. The molecule has 1 aromatic heterocycles. The molecule has 1 aromatic rings. The summed E-state index contributed by atoms with van der Waals surface area (Å²) in [7, 11) is 1.86. The van der Waals surface area contributed by atoms with Gasteiger partial charge in [0.15, 0.2) is 5.16 Å². The van der Waals surface area contributed by atoms with Crippen molar-refractivity contribution in [2.75, 3.05) is 30.4 Å². The fraction of sp³-hybridized carbons (Fsp3) is 0.786. The average Bonchev–Trinajstić information content (AvgIpc) is 2.49. The van der Waals surface area contributed by atoms with Gasteiger partial charge in [0.05, 0.1) is 0 Å². The van der Waals surface area contributed by atoms with Gasteiger partial charge in [-0.25, -0.2) is 0 Å². The Morgan fingerprint density at radius 3 is 2.40 bits per heavy atom. The highest BCUT2D eigenvalue weighted by molar-refractivity contribution is 7.99. The second-order valence-electron chi connectivity index (χ2n) is 5.04. The van der Waals surface area contributed by atoms with Gasteiger partial charge in [-0.2, -0.15) is 15.0 Å². The van der Waals surface area contributed by atoms with Gasteiger partial charge in [-0.3, -0.25) is 0 Å². The molecule has 0 aromatic carbocycles. The lowest BCUT2D eigenvalue weighted by Crippen LogP contribution is -2.25. The van der Waals surface area contributed by atoms with Crippen LogP contribution < -0.4 is 10.2 Å². The van der Waals surface area contributed by atoms with Crippen molar-refractivity contribution in [3.8, 4) is 0 Å². The van der Waals surface area contributed by atoms with Crippen molar-refractivity contribution in [1.29, 1.82) is 0 Å². The molecule has 1 saturated carbocycles. The second-order valence-corrected chi connectivity index (χ2v) is 6.31. The van der Waals surface area contributed by atoms with Crippen molar-refractivity contribution in [3.63, 3.8) is 0 Å². The first-order valence-electron chi connectivity index (χ1n) is 7.62. The first-order valence-corrected chi connectivity index (χ1v) is 8.50. The molecule has 0 spiro atoms. The number of thioether (sulfide) groups is 1. The molecule has 2 rings (SSSR count). The van der Waals surface area contributed by atoms with Crippen LogP contribution in [0.2, 0.25) is 0 Å². The molecule has 0 saturated heterocycles. The zero-order valence-corrected chi connectivity index (χ0v) is 13.5. The van der Waals surface area contributed by atoms with Crippen LogP contribution >= 0.6 is 11.8 Å². The largest absolute Gasteiger partial charge is 0.357 e. The van der Waals surface area contributed by atoms with E-state index in [1.54, 1.807) is 0 Å². The van der Waals surface area contributed by atoms with E-state index < -0.39 is 0 Å². The average molecular weight is 295 g/mol. The van der Waals surface area contributed by atoms with Crippen LogP contribution in [0.15, 0.2) is 5.16 Å². The van der Waals surface area contributed by atoms with Gasteiger partial charge >= 0.3 is 0 Å². The van der Waals surface area contributed by atoms with Gasteiger partial charge in [-0.05, 0) is 26.7 Å². The molecule has 1 aliphatic rings. The number of anilines is 2. The molecule has 1 fully saturated rings. The second kappa shape index (κ2) is 7.67. The minimum absolute atomic E-state index is 0.667. The van der Waals surface area contributed by atoms with Crippen LogP contribution in [0.4, 0.5) is 11.9 Å². The van der Waals surface area contributed by atoms with Crippen LogP contribution in [-0.4, -0.2) is 40.3 Å². The van der Waals surface area contributed by atoms with E-state index >= 15 is 0 Å². The molecule has 0 atom stereocenters. The number of hydrogen-bond donors (Lipinski definition) is 1. The minimum atomic E-state index is 0.667. The maximum atomic E-state index is 4.64. The summed E-state index contributed by atoms with van der Waals surface area (Å²) in [5.41, 5.74) is 0. The van der Waals surface area contributed by atoms with Crippen molar-refractivity contribution in [2.45, 2.75) is 56.4 Å². The third-order valence-electron chi connectivity index (χ3n) is 3.70. The molecule has 0 amide bonds.